The Morgan fingerprint density at radius 2 is 0.638 bits per heavy atom. The fourth-order valence-electron chi connectivity index (χ4n) is 6.93. The van der Waals surface area contributed by atoms with Crippen molar-refractivity contribution in [2.24, 2.45) is 0 Å². The summed E-state index contributed by atoms with van der Waals surface area (Å²) < 4.78 is 56.4. The summed E-state index contributed by atoms with van der Waals surface area (Å²) in [7, 11) is -0.0907. The average Bonchev–Trinajstić information content (AvgIpc) is 3.34. The summed E-state index contributed by atoms with van der Waals surface area (Å²) in [5, 5.41) is 2.84. The highest BCUT2D eigenvalue weighted by atomic mass is 31.1. The molecule has 0 aliphatic rings. The Kier molecular flexibility index (Phi) is 27.9. The van der Waals surface area contributed by atoms with E-state index in [2.05, 4.69) is 20.8 Å². The van der Waals surface area contributed by atoms with Crippen LogP contribution < -0.4 is 33.0 Å². The Bertz CT molecular complexity index is 1930. The minimum Gasteiger partial charge on any atom is -0.356 e. The summed E-state index contributed by atoms with van der Waals surface area (Å²) in [6.45, 7) is 20.1. The number of hydrogen-bond donors (Lipinski definition) is 0. The smallest absolute Gasteiger partial charge is 0.336 e. The van der Waals surface area contributed by atoms with Gasteiger partial charge in [0.05, 0.1) is 57.8 Å². The minimum absolute atomic E-state index is 0.0302. The highest BCUT2D eigenvalue weighted by molar-refractivity contribution is 7.42. The molecule has 1 aromatic heterocycles. The van der Waals surface area contributed by atoms with Crippen molar-refractivity contribution >= 4 is 42.3 Å². The van der Waals surface area contributed by atoms with E-state index in [1.807, 2.05) is 114 Å². The molecule has 3 aromatic carbocycles. The maximum absolute atomic E-state index is 13.8. The lowest BCUT2D eigenvalue weighted by Gasteiger charge is -2.20. The van der Waals surface area contributed by atoms with Gasteiger partial charge in [0, 0.05) is 46.2 Å². The van der Waals surface area contributed by atoms with E-state index in [0.717, 1.165) is 84.8 Å². The monoisotopic (exact) mass is 1020 g/mol. The maximum atomic E-state index is 13.8. The fraction of sp³-hybridized carbons (Fsp3) is 0.588. The van der Waals surface area contributed by atoms with Gasteiger partial charge in [0.15, 0.2) is 18.9 Å². The standard InChI is InChI=1S/C51H78N3O12P3/c1-10-13-31-58-40(7)64-37(4)43-16-22-46(23-17-43)67-61-34-28-52-49(55)53(29-35-62-68-47-24-18-44(19-25-47)38(5)65-41(8)59-32-14-11-2)51(57)54(50(52)56)30-36-63-69-48-26-20-45(21-27-48)39(6)66-42(9)60-33-15-12-3/h16-27,37-42,67-69H,10-15,28-36H2,1-9H3. The van der Waals surface area contributed by atoms with Gasteiger partial charge in [-0.15, -0.1) is 0 Å². The van der Waals surface area contributed by atoms with Crippen LogP contribution in [0.15, 0.2) is 87.2 Å². The second-order valence-electron chi connectivity index (χ2n) is 16.7. The van der Waals surface area contributed by atoms with Gasteiger partial charge < -0.3 is 42.0 Å². The Labute approximate surface area is 414 Å². The quantitative estimate of drug-likeness (QED) is 0.0244. The van der Waals surface area contributed by atoms with Gasteiger partial charge in [0.2, 0.25) is 0 Å². The Hall–Kier alpha value is -3.00. The third kappa shape index (κ3) is 20.9. The molecule has 18 heteroatoms. The molecule has 0 N–H and O–H groups in total. The zero-order valence-corrected chi connectivity index (χ0v) is 45.2. The summed E-state index contributed by atoms with van der Waals surface area (Å²) in [5.41, 5.74) is 0.868. The highest BCUT2D eigenvalue weighted by Gasteiger charge is 2.18. The van der Waals surface area contributed by atoms with E-state index in [4.69, 9.17) is 42.0 Å². The van der Waals surface area contributed by atoms with Gasteiger partial charge in [-0.25, -0.2) is 28.1 Å². The predicted octanol–water partition coefficient (Wildman–Crippen LogP) is 8.70. The van der Waals surface area contributed by atoms with Crippen molar-refractivity contribution in [1.82, 2.24) is 13.7 Å². The van der Waals surface area contributed by atoms with Crippen molar-refractivity contribution in [3.8, 4) is 0 Å². The first-order valence-corrected chi connectivity index (χ1v) is 27.3. The van der Waals surface area contributed by atoms with Gasteiger partial charge in [-0.2, -0.15) is 0 Å². The molecular formula is C51H78N3O12P3. The molecule has 384 valence electrons. The SMILES string of the molecule is CCCCOC(C)OC(C)c1ccc(POCCn2c(=O)n(CCOPc3ccc(C(C)OC(C)OCCCC)cc3)c(=O)n(CCOPc3ccc(C(C)OC(C)OCCCC)cc3)c2=O)cc1. The zero-order chi connectivity index (χ0) is 50.0. The number of hydrogen-bond acceptors (Lipinski definition) is 12. The number of benzene rings is 3. The molecule has 0 saturated carbocycles. The molecule has 69 heavy (non-hydrogen) atoms. The van der Waals surface area contributed by atoms with E-state index in [0.29, 0.717) is 19.8 Å². The van der Waals surface area contributed by atoms with Crippen LogP contribution in [-0.2, 0) is 61.6 Å². The molecular weight excluding hydrogens is 939 g/mol. The van der Waals surface area contributed by atoms with Gasteiger partial charge in [-0.1, -0.05) is 113 Å². The van der Waals surface area contributed by atoms with Gasteiger partial charge in [-0.3, -0.25) is 0 Å². The van der Waals surface area contributed by atoms with Crippen molar-refractivity contribution in [3.63, 3.8) is 0 Å². The fourth-order valence-corrected chi connectivity index (χ4v) is 8.92. The number of nitrogens with zero attached hydrogens (tertiary/aromatic N) is 3. The third-order valence-corrected chi connectivity index (χ3v) is 13.8. The second-order valence-corrected chi connectivity index (χ2v) is 19.9. The molecule has 0 fully saturated rings. The van der Waals surface area contributed by atoms with E-state index in [1.165, 1.54) is 0 Å². The van der Waals surface area contributed by atoms with E-state index in [1.54, 1.807) is 0 Å². The first kappa shape index (κ1) is 58.6. The van der Waals surface area contributed by atoms with Crippen LogP contribution in [0.5, 0.6) is 0 Å². The van der Waals surface area contributed by atoms with Gasteiger partial charge in [-0.05, 0) is 93.4 Å². The Morgan fingerprint density at radius 1 is 0.391 bits per heavy atom. The third-order valence-electron chi connectivity index (χ3n) is 11.1. The van der Waals surface area contributed by atoms with Crippen LogP contribution >= 0.6 is 26.4 Å². The molecule has 0 aliphatic carbocycles. The zero-order valence-electron chi connectivity index (χ0n) is 42.2. The van der Waals surface area contributed by atoms with Crippen LogP contribution in [0.25, 0.3) is 0 Å². The van der Waals surface area contributed by atoms with E-state index < -0.39 is 17.1 Å². The molecule has 9 atom stereocenters. The van der Waals surface area contributed by atoms with E-state index in [-0.39, 0.29) is 103 Å². The van der Waals surface area contributed by atoms with Crippen LogP contribution in [0.4, 0.5) is 0 Å². The molecule has 15 nitrogen and oxygen atoms in total. The summed E-state index contributed by atoms with van der Waals surface area (Å²) in [5.74, 6) is 0. The topological polar surface area (TPSA) is 149 Å². The van der Waals surface area contributed by atoms with Gasteiger partial charge in [0.1, 0.15) is 0 Å². The Balaban J connectivity index is 1.38. The van der Waals surface area contributed by atoms with Crippen molar-refractivity contribution < 1.29 is 42.0 Å². The van der Waals surface area contributed by atoms with Crippen LogP contribution in [0.3, 0.4) is 0 Å². The minimum atomic E-state index is -0.722. The van der Waals surface area contributed by atoms with Gasteiger partial charge >= 0.3 is 17.1 Å². The molecule has 0 amide bonds. The molecule has 0 aliphatic heterocycles. The largest absolute Gasteiger partial charge is 0.356 e. The van der Waals surface area contributed by atoms with E-state index in [9.17, 15) is 14.4 Å². The maximum Gasteiger partial charge on any atom is 0.336 e. The molecule has 0 saturated heterocycles. The molecule has 4 rings (SSSR count). The van der Waals surface area contributed by atoms with Crippen molar-refractivity contribution in [3.05, 3.63) is 121 Å². The lowest BCUT2D eigenvalue weighted by atomic mass is 10.1. The van der Waals surface area contributed by atoms with Crippen LogP contribution in [-0.4, -0.2) is 72.2 Å². The van der Waals surface area contributed by atoms with Crippen molar-refractivity contribution in [2.75, 3.05) is 39.6 Å². The molecule has 0 radical (unpaired) electrons. The second kappa shape index (κ2) is 32.9. The number of rotatable bonds is 36. The van der Waals surface area contributed by atoms with E-state index >= 15 is 0 Å². The van der Waals surface area contributed by atoms with Crippen molar-refractivity contribution in [1.29, 1.82) is 0 Å². The molecule has 0 spiro atoms. The number of ether oxygens (including phenoxy) is 6. The normalized spacial score (nSPS) is 14.9. The highest BCUT2D eigenvalue weighted by Crippen LogP contribution is 2.23. The van der Waals surface area contributed by atoms with Crippen LogP contribution in [0.2, 0.25) is 0 Å². The first-order chi connectivity index (χ1) is 33.3. The summed E-state index contributed by atoms with van der Waals surface area (Å²) in [6, 6.07) is 23.8. The lowest BCUT2D eigenvalue weighted by molar-refractivity contribution is -0.158. The molecule has 0 bridgehead atoms. The van der Waals surface area contributed by atoms with Crippen LogP contribution in [0, 0.1) is 0 Å². The molecule has 9 unspecified atom stereocenters. The lowest BCUT2D eigenvalue weighted by Crippen LogP contribution is -2.55. The summed E-state index contributed by atoms with van der Waals surface area (Å²) in [4.78, 5) is 41.5. The first-order valence-electron chi connectivity index (χ1n) is 24.5. The van der Waals surface area contributed by atoms with Crippen LogP contribution in [0.1, 0.15) is 136 Å². The predicted molar refractivity (Wildman–Crippen MR) is 280 cm³/mol. The summed E-state index contributed by atoms with van der Waals surface area (Å²) >= 11 is 0. The van der Waals surface area contributed by atoms with Gasteiger partial charge in [0.25, 0.3) is 0 Å². The Morgan fingerprint density at radius 3 is 0.870 bits per heavy atom. The van der Waals surface area contributed by atoms with Crippen molar-refractivity contribution in [2.45, 2.75) is 158 Å². The molecule has 4 aromatic rings. The molecule has 1 heterocycles. The average molecular weight is 1020 g/mol. The summed E-state index contributed by atoms with van der Waals surface area (Å²) in [6.07, 6.45) is 4.75. The number of aromatic nitrogens is 3. The number of unbranched alkanes of at least 4 members (excludes halogenated alkanes) is 3.